The van der Waals surface area contributed by atoms with Crippen molar-refractivity contribution in [2.24, 2.45) is 0 Å². The number of hydrogen-bond acceptors (Lipinski definition) is 4. The molecule has 0 radical (unpaired) electrons. The Bertz CT molecular complexity index is 489. The van der Waals surface area contributed by atoms with E-state index in [1.165, 1.54) is 10.5 Å². The monoisotopic (exact) mass is 252 g/mol. The number of methoxy groups -OCH3 is 2. The zero-order chi connectivity index (χ0) is 13.3. The Kier molecular flexibility index (Phi) is 6.32. The summed E-state index contributed by atoms with van der Waals surface area (Å²) >= 11 is 0. The molecule has 4 nitrogen and oxygen atoms in total. The van der Waals surface area contributed by atoms with Crippen LogP contribution in [0.5, 0.6) is 11.5 Å². The Morgan fingerprint density at radius 3 is 1.53 bits per heavy atom. The molecule has 0 aliphatic carbocycles. The van der Waals surface area contributed by atoms with Gasteiger partial charge in [-0.05, 0) is 12.1 Å². The molecular weight excluding hydrogens is 240 g/mol. The summed E-state index contributed by atoms with van der Waals surface area (Å²) in [5.74, 6) is 1.54. The van der Waals surface area contributed by atoms with Gasteiger partial charge in [0, 0.05) is 10.5 Å². The van der Waals surface area contributed by atoms with Crippen molar-refractivity contribution in [3.63, 3.8) is 0 Å². The van der Waals surface area contributed by atoms with E-state index in [1.54, 1.807) is 14.2 Å². The van der Waals surface area contributed by atoms with Gasteiger partial charge in [0.1, 0.15) is 0 Å². The van der Waals surface area contributed by atoms with Crippen molar-refractivity contribution in [3.8, 4) is 34.9 Å². The number of terminal acetylenes is 2. The van der Waals surface area contributed by atoms with Gasteiger partial charge in [0.2, 0.25) is 0 Å². The van der Waals surface area contributed by atoms with Crippen molar-refractivity contribution >= 4 is 9.84 Å². The smallest absolute Gasteiger partial charge is 0.283 e. The topological polar surface area (TPSA) is 52.6 Å². The van der Waals surface area contributed by atoms with Crippen LogP contribution in [-0.2, 0) is 9.84 Å². The first-order valence-electron chi connectivity index (χ1n) is 4.37. The second-order valence-electron chi connectivity index (χ2n) is 2.59. The van der Waals surface area contributed by atoms with Crippen LogP contribution in [0.1, 0.15) is 0 Å². The van der Waals surface area contributed by atoms with Gasteiger partial charge < -0.3 is 9.47 Å². The normalized spacial score (nSPS) is 8.94. The molecule has 1 aromatic carbocycles. The van der Waals surface area contributed by atoms with Gasteiger partial charge >= 0.3 is 0 Å². The van der Waals surface area contributed by atoms with Crippen LogP contribution in [0.4, 0.5) is 0 Å². The number of para-hydroxylation sites is 2. The van der Waals surface area contributed by atoms with E-state index >= 15 is 0 Å². The highest BCUT2D eigenvalue weighted by Gasteiger charge is 1.97. The number of sulfone groups is 1. The molecule has 0 saturated carbocycles. The molecule has 0 amide bonds. The largest absolute Gasteiger partial charge is 0.493 e. The number of ether oxygens (including phenoxy) is 2. The summed E-state index contributed by atoms with van der Waals surface area (Å²) in [7, 11) is -0.356. The second-order valence-corrected chi connectivity index (χ2v) is 4.07. The van der Waals surface area contributed by atoms with Crippen LogP contribution >= 0.6 is 0 Å². The Morgan fingerprint density at radius 2 is 1.35 bits per heavy atom. The van der Waals surface area contributed by atoms with Crippen LogP contribution in [0, 0.1) is 23.4 Å². The summed E-state index contributed by atoms with van der Waals surface area (Å²) in [4.78, 5) is 0. The third-order valence-corrected chi connectivity index (χ3v) is 2.22. The van der Waals surface area contributed by atoms with E-state index in [1.807, 2.05) is 24.3 Å². The van der Waals surface area contributed by atoms with Crippen molar-refractivity contribution in [3.05, 3.63) is 24.3 Å². The Balaban J connectivity index is 0.000000325. The fourth-order valence-electron chi connectivity index (χ4n) is 0.821. The van der Waals surface area contributed by atoms with Crippen LogP contribution in [0.15, 0.2) is 24.3 Å². The summed E-state index contributed by atoms with van der Waals surface area (Å²) in [6, 6.07) is 7.53. The summed E-state index contributed by atoms with van der Waals surface area (Å²) in [6.07, 6.45) is 8.87. The van der Waals surface area contributed by atoms with Gasteiger partial charge in [0.25, 0.3) is 9.84 Å². The predicted molar refractivity (Wildman–Crippen MR) is 66.1 cm³/mol. The lowest BCUT2D eigenvalue weighted by atomic mass is 10.3. The summed E-state index contributed by atoms with van der Waals surface area (Å²) in [6.45, 7) is 0. The Morgan fingerprint density at radius 1 is 1.00 bits per heavy atom. The number of benzene rings is 1. The molecular formula is C12H12O4S. The van der Waals surface area contributed by atoms with Crippen molar-refractivity contribution in [1.82, 2.24) is 0 Å². The minimum Gasteiger partial charge on any atom is -0.493 e. The average Bonchev–Trinajstić information content (AvgIpc) is 2.39. The van der Waals surface area contributed by atoms with Crippen LogP contribution < -0.4 is 9.47 Å². The number of hydrogen-bond donors (Lipinski definition) is 0. The first kappa shape index (κ1) is 14.9. The molecule has 0 saturated heterocycles. The van der Waals surface area contributed by atoms with Crippen molar-refractivity contribution in [2.75, 3.05) is 14.2 Å². The molecule has 0 heterocycles. The van der Waals surface area contributed by atoms with Gasteiger partial charge in [-0.2, -0.15) is 0 Å². The van der Waals surface area contributed by atoms with E-state index in [4.69, 9.17) is 9.47 Å². The first-order valence-corrected chi connectivity index (χ1v) is 5.85. The molecule has 17 heavy (non-hydrogen) atoms. The maximum absolute atomic E-state index is 9.90. The lowest BCUT2D eigenvalue weighted by Crippen LogP contribution is -1.88. The predicted octanol–water partition coefficient (Wildman–Crippen LogP) is 1.29. The minimum atomic E-state index is -3.60. The van der Waals surface area contributed by atoms with Crippen LogP contribution in [0.2, 0.25) is 0 Å². The standard InChI is InChI=1S/C8H10O2.C4H2O2S/c1-9-7-5-3-4-6-8(7)10-2;1-3-7(5,6)4-2/h3-6H,1-2H3;1-2H. The summed E-state index contributed by atoms with van der Waals surface area (Å²) in [5, 5.41) is 2.85. The van der Waals surface area contributed by atoms with Gasteiger partial charge in [-0.3, -0.25) is 0 Å². The molecule has 0 aromatic heterocycles. The van der Waals surface area contributed by atoms with E-state index in [2.05, 4.69) is 12.8 Å². The van der Waals surface area contributed by atoms with Gasteiger partial charge in [0.15, 0.2) is 11.5 Å². The first-order chi connectivity index (χ1) is 8.00. The molecule has 0 fully saturated rings. The highest BCUT2D eigenvalue weighted by atomic mass is 32.2. The Hall–Kier alpha value is -2.11. The molecule has 0 aliphatic rings. The fraction of sp³-hybridized carbons (Fsp3) is 0.167. The van der Waals surface area contributed by atoms with E-state index in [9.17, 15) is 8.42 Å². The van der Waals surface area contributed by atoms with Crippen LogP contribution in [-0.4, -0.2) is 22.6 Å². The quantitative estimate of drug-likeness (QED) is 0.588. The van der Waals surface area contributed by atoms with Crippen molar-refractivity contribution in [2.45, 2.75) is 0 Å². The zero-order valence-corrected chi connectivity index (χ0v) is 10.3. The molecule has 90 valence electrons. The highest BCUT2D eigenvalue weighted by Crippen LogP contribution is 2.24. The summed E-state index contributed by atoms with van der Waals surface area (Å²) < 4.78 is 29.8. The second kappa shape index (κ2) is 7.21. The van der Waals surface area contributed by atoms with Gasteiger partial charge in [-0.1, -0.05) is 12.1 Å². The molecule has 0 atom stereocenters. The minimum absolute atomic E-state index is 0.769. The maximum atomic E-state index is 9.90. The molecule has 1 aromatic rings. The fourth-order valence-corrected chi connectivity index (χ4v) is 0.889. The van der Waals surface area contributed by atoms with E-state index in [0.29, 0.717) is 0 Å². The number of rotatable bonds is 2. The molecule has 0 unspecified atom stereocenters. The van der Waals surface area contributed by atoms with Gasteiger partial charge in [-0.25, -0.2) is 8.42 Å². The average molecular weight is 252 g/mol. The lowest BCUT2D eigenvalue weighted by molar-refractivity contribution is 0.355. The van der Waals surface area contributed by atoms with Crippen molar-refractivity contribution < 1.29 is 17.9 Å². The molecule has 0 bridgehead atoms. The highest BCUT2D eigenvalue weighted by molar-refractivity contribution is 8.00. The molecule has 0 spiro atoms. The lowest BCUT2D eigenvalue weighted by Gasteiger charge is -2.04. The van der Waals surface area contributed by atoms with Crippen LogP contribution in [0.25, 0.3) is 0 Å². The Labute approximate surface area is 101 Å². The van der Waals surface area contributed by atoms with E-state index in [0.717, 1.165) is 11.5 Å². The zero-order valence-electron chi connectivity index (χ0n) is 9.51. The van der Waals surface area contributed by atoms with Crippen molar-refractivity contribution in [1.29, 1.82) is 0 Å². The SMILES string of the molecule is C#CS(=O)(=O)C#C.COc1ccccc1OC. The van der Waals surface area contributed by atoms with E-state index < -0.39 is 9.84 Å². The molecule has 0 aliphatic heterocycles. The molecule has 0 N–H and O–H groups in total. The van der Waals surface area contributed by atoms with E-state index in [-0.39, 0.29) is 0 Å². The summed E-state index contributed by atoms with van der Waals surface area (Å²) in [5.41, 5.74) is 0. The van der Waals surface area contributed by atoms with Gasteiger partial charge in [0.05, 0.1) is 14.2 Å². The third kappa shape index (κ3) is 5.50. The van der Waals surface area contributed by atoms with Gasteiger partial charge in [-0.15, -0.1) is 12.8 Å². The third-order valence-electron chi connectivity index (χ3n) is 1.60. The molecule has 5 heteroatoms. The molecule has 1 rings (SSSR count). The van der Waals surface area contributed by atoms with Crippen LogP contribution in [0.3, 0.4) is 0 Å². The maximum Gasteiger partial charge on any atom is 0.283 e.